The topological polar surface area (TPSA) is 58.4 Å². The first kappa shape index (κ1) is 23.2. The molecule has 0 aromatic heterocycles. The lowest BCUT2D eigenvalue weighted by Crippen LogP contribution is -2.24. The summed E-state index contributed by atoms with van der Waals surface area (Å²) < 4.78 is 0. The van der Waals surface area contributed by atoms with Gasteiger partial charge in [0.2, 0.25) is 5.91 Å². The third-order valence-electron chi connectivity index (χ3n) is 4.23. The van der Waals surface area contributed by atoms with Crippen LogP contribution in [0.3, 0.4) is 0 Å². The van der Waals surface area contributed by atoms with Crippen LogP contribution in [0.5, 0.6) is 0 Å². The van der Waals surface area contributed by atoms with Crippen molar-refractivity contribution in [2.75, 3.05) is 19.6 Å². The molecule has 1 aromatic carbocycles. The van der Waals surface area contributed by atoms with E-state index in [9.17, 15) is 4.79 Å². The van der Waals surface area contributed by atoms with Crippen LogP contribution in [0.1, 0.15) is 49.7 Å². The minimum Gasteiger partial charge on any atom is -0.352 e. The standard InChI is InChI=1S/C18H29N3O.2ClH/c19-11-5-6-18(22)20-14-16-7-9-17(10-8-16)15-21-12-3-1-2-4-13-21;;/h7-10H,1-6,11-15,19H2,(H,20,22);2*1H. The lowest BCUT2D eigenvalue weighted by Gasteiger charge is -2.19. The molecule has 1 fully saturated rings. The Morgan fingerprint density at radius 2 is 1.58 bits per heavy atom. The molecule has 24 heavy (non-hydrogen) atoms. The van der Waals surface area contributed by atoms with E-state index in [2.05, 4.69) is 34.5 Å². The number of nitrogens with two attached hydrogens (primary N) is 1. The van der Waals surface area contributed by atoms with Crippen molar-refractivity contribution in [2.45, 2.75) is 51.6 Å². The normalized spacial score (nSPS) is 14.9. The number of amides is 1. The molecule has 1 aromatic rings. The zero-order chi connectivity index (χ0) is 15.6. The molecule has 1 aliphatic heterocycles. The second-order valence-electron chi connectivity index (χ2n) is 6.18. The smallest absolute Gasteiger partial charge is 0.220 e. The monoisotopic (exact) mass is 375 g/mol. The van der Waals surface area contributed by atoms with Crippen LogP contribution in [0.2, 0.25) is 0 Å². The largest absolute Gasteiger partial charge is 0.352 e. The first-order valence-corrected chi connectivity index (χ1v) is 8.55. The van der Waals surface area contributed by atoms with Gasteiger partial charge in [0.05, 0.1) is 0 Å². The van der Waals surface area contributed by atoms with E-state index in [1.165, 1.54) is 44.3 Å². The SMILES string of the molecule is Cl.Cl.NCCCC(=O)NCc1ccc(CN2CCCCCC2)cc1. The first-order chi connectivity index (χ1) is 10.8. The molecule has 0 radical (unpaired) electrons. The molecular weight excluding hydrogens is 345 g/mol. The predicted octanol–water partition coefficient (Wildman–Crippen LogP) is 3.26. The molecule has 6 heteroatoms. The quantitative estimate of drug-likeness (QED) is 0.768. The number of nitrogens with zero attached hydrogens (tertiary/aromatic N) is 1. The average Bonchev–Trinajstić information content (AvgIpc) is 2.81. The van der Waals surface area contributed by atoms with Crippen molar-refractivity contribution >= 4 is 30.7 Å². The number of hydrogen-bond acceptors (Lipinski definition) is 3. The molecule has 1 heterocycles. The summed E-state index contributed by atoms with van der Waals surface area (Å²) in [7, 11) is 0. The molecule has 0 saturated carbocycles. The van der Waals surface area contributed by atoms with Gasteiger partial charge in [-0.3, -0.25) is 9.69 Å². The molecule has 0 atom stereocenters. The Balaban J connectivity index is 0.00000264. The number of likely N-dealkylation sites (tertiary alicyclic amines) is 1. The van der Waals surface area contributed by atoms with E-state index in [0.29, 0.717) is 19.5 Å². The molecule has 0 aliphatic carbocycles. The number of carbonyl (C=O) groups is 1. The maximum atomic E-state index is 11.6. The van der Waals surface area contributed by atoms with Crippen LogP contribution in [0.15, 0.2) is 24.3 Å². The Labute approximate surface area is 158 Å². The highest BCUT2D eigenvalue weighted by Gasteiger charge is 2.09. The van der Waals surface area contributed by atoms with Crippen LogP contribution < -0.4 is 11.1 Å². The second kappa shape index (κ2) is 13.5. The van der Waals surface area contributed by atoms with Crippen molar-refractivity contribution < 1.29 is 4.79 Å². The summed E-state index contributed by atoms with van der Waals surface area (Å²) in [4.78, 5) is 14.1. The molecule has 2 rings (SSSR count). The number of carbonyl (C=O) groups excluding carboxylic acids is 1. The minimum atomic E-state index is 0. The van der Waals surface area contributed by atoms with Gasteiger partial charge in [0.1, 0.15) is 0 Å². The van der Waals surface area contributed by atoms with Crippen LogP contribution in [-0.4, -0.2) is 30.4 Å². The summed E-state index contributed by atoms with van der Waals surface area (Å²) in [5, 5.41) is 2.94. The fourth-order valence-corrected chi connectivity index (χ4v) is 2.87. The number of rotatable bonds is 7. The van der Waals surface area contributed by atoms with Crippen LogP contribution in [0.25, 0.3) is 0 Å². The van der Waals surface area contributed by atoms with E-state index in [-0.39, 0.29) is 30.7 Å². The number of halogens is 2. The Hall–Kier alpha value is -0.810. The van der Waals surface area contributed by atoms with Crippen LogP contribution in [-0.2, 0) is 17.9 Å². The van der Waals surface area contributed by atoms with Crippen molar-refractivity contribution in [3.05, 3.63) is 35.4 Å². The highest BCUT2D eigenvalue weighted by Crippen LogP contribution is 2.13. The average molecular weight is 376 g/mol. The molecular formula is C18H31Cl2N3O. The number of hydrogen-bond donors (Lipinski definition) is 2. The summed E-state index contributed by atoms with van der Waals surface area (Å²) in [5.74, 6) is 0.0825. The van der Waals surface area contributed by atoms with Gasteiger partial charge in [-0.1, -0.05) is 37.1 Å². The summed E-state index contributed by atoms with van der Waals surface area (Å²) in [6, 6.07) is 8.62. The van der Waals surface area contributed by atoms with Gasteiger partial charge in [0.25, 0.3) is 0 Å². The fourth-order valence-electron chi connectivity index (χ4n) is 2.87. The van der Waals surface area contributed by atoms with E-state index in [0.717, 1.165) is 18.5 Å². The Bertz CT molecular complexity index is 446. The van der Waals surface area contributed by atoms with Crippen LogP contribution in [0.4, 0.5) is 0 Å². The number of nitrogens with one attached hydrogen (secondary N) is 1. The lowest BCUT2D eigenvalue weighted by molar-refractivity contribution is -0.121. The van der Waals surface area contributed by atoms with Crippen molar-refractivity contribution in [1.29, 1.82) is 0 Å². The van der Waals surface area contributed by atoms with Gasteiger partial charge in [-0.05, 0) is 50.0 Å². The van der Waals surface area contributed by atoms with Crippen molar-refractivity contribution in [3.63, 3.8) is 0 Å². The van der Waals surface area contributed by atoms with E-state index < -0.39 is 0 Å². The molecule has 0 spiro atoms. The molecule has 1 amide bonds. The van der Waals surface area contributed by atoms with E-state index in [4.69, 9.17) is 5.73 Å². The molecule has 1 aliphatic rings. The van der Waals surface area contributed by atoms with Gasteiger partial charge in [-0.2, -0.15) is 0 Å². The summed E-state index contributed by atoms with van der Waals surface area (Å²) in [6.45, 7) is 4.66. The Morgan fingerprint density at radius 3 is 2.17 bits per heavy atom. The highest BCUT2D eigenvalue weighted by atomic mass is 35.5. The third kappa shape index (κ3) is 8.88. The van der Waals surface area contributed by atoms with Crippen LogP contribution in [0, 0.1) is 0 Å². The second-order valence-corrected chi connectivity index (χ2v) is 6.18. The van der Waals surface area contributed by atoms with Gasteiger partial charge in [-0.15, -0.1) is 24.8 Å². The summed E-state index contributed by atoms with van der Waals surface area (Å²) in [5.41, 5.74) is 7.92. The van der Waals surface area contributed by atoms with Gasteiger partial charge in [-0.25, -0.2) is 0 Å². The molecule has 0 unspecified atom stereocenters. The molecule has 3 N–H and O–H groups in total. The van der Waals surface area contributed by atoms with E-state index in [1.807, 2.05) is 0 Å². The van der Waals surface area contributed by atoms with Crippen LogP contribution >= 0.6 is 24.8 Å². The maximum Gasteiger partial charge on any atom is 0.220 e. The zero-order valence-electron chi connectivity index (χ0n) is 14.3. The minimum absolute atomic E-state index is 0. The highest BCUT2D eigenvalue weighted by molar-refractivity contribution is 5.85. The molecule has 138 valence electrons. The van der Waals surface area contributed by atoms with E-state index in [1.54, 1.807) is 0 Å². The van der Waals surface area contributed by atoms with Crippen molar-refractivity contribution in [1.82, 2.24) is 10.2 Å². The maximum absolute atomic E-state index is 11.6. The number of benzene rings is 1. The van der Waals surface area contributed by atoms with Crippen molar-refractivity contribution in [2.24, 2.45) is 5.73 Å². The lowest BCUT2D eigenvalue weighted by atomic mass is 10.1. The third-order valence-corrected chi connectivity index (χ3v) is 4.23. The molecule has 4 nitrogen and oxygen atoms in total. The Morgan fingerprint density at radius 1 is 1.00 bits per heavy atom. The summed E-state index contributed by atoms with van der Waals surface area (Å²) in [6.07, 6.45) is 6.67. The first-order valence-electron chi connectivity index (χ1n) is 8.55. The van der Waals surface area contributed by atoms with Gasteiger partial charge in [0, 0.05) is 19.5 Å². The fraction of sp³-hybridized carbons (Fsp3) is 0.611. The molecule has 1 saturated heterocycles. The van der Waals surface area contributed by atoms with Gasteiger partial charge >= 0.3 is 0 Å². The summed E-state index contributed by atoms with van der Waals surface area (Å²) >= 11 is 0. The van der Waals surface area contributed by atoms with Gasteiger partial charge in [0.15, 0.2) is 0 Å². The predicted molar refractivity (Wildman–Crippen MR) is 105 cm³/mol. The Kier molecular flexibility index (Phi) is 13.0. The molecule has 0 bridgehead atoms. The zero-order valence-corrected chi connectivity index (χ0v) is 16.0. The van der Waals surface area contributed by atoms with Crippen molar-refractivity contribution in [3.8, 4) is 0 Å². The van der Waals surface area contributed by atoms with E-state index >= 15 is 0 Å². The van der Waals surface area contributed by atoms with Gasteiger partial charge < -0.3 is 11.1 Å².